The Kier molecular flexibility index (Phi) is 5.93. The molecule has 2 heterocycles. The predicted molar refractivity (Wildman–Crippen MR) is 116 cm³/mol. The van der Waals surface area contributed by atoms with Crippen molar-refractivity contribution < 1.29 is 9.53 Å². The summed E-state index contributed by atoms with van der Waals surface area (Å²) in [5.74, 6) is 1.05. The van der Waals surface area contributed by atoms with Crippen molar-refractivity contribution in [2.45, 2.75) is 19.4 Å². The summed E-state index contributed by atoms with van der Waals surface area (Å²) in [5, 5.41) is 0.658. The molecular formula is C24H27ClN2O2. The maximum absolute atomic E-state index is 12.6. The average molecular weight is 411 g/mol. The summed E-state index contributed by atoms with van der Waals surface area (Å²) in [6.45, 7) is 8.98. The molecule has 0 N–H and O–H groups in total. The van der Waals surface area contributed by atoms with Crippen LogP contribution in [0.15, 0.2) is 61.2 Å². The van der Waals surface area contributed by atoms with Gasteiger partial charge in [-0.05, 0) is 56.3 Å². The molecule has 2 aliphatic heterocycles. The molecule has 29 heavy (non-hydrogen) atoms. The fourth-order valence-corrected chi connectivity index (χ4v) is 4.47. The van der Waals surface area contributed by atoms with Crippen molar-refractivity contribution in [3.05, 3.63) is 77.3 Å². The van der Waals surface area contributed by atoms with E-state index in [4.69, 9.17) is 16.3 Å². The van der Waals surface area contributed by atoms with Gasteiger partial charge in [-0.2, -0.15) is 0 Å². The van der Waals surface area contributed by atoms with Gasteiger partial charge < -0.3 is 9.64 Å². The molecule has 2 aromatic rings. The van der Waals surface area contributed by atoms with Crippen LogP contribution in [0.4, 0.5) is 0 Å². The molecule has 0 radical (unpaired) electrons. The number of piperidine rings is 1. The second-order valence-electron chi connectivity index (χ2n) is 8.15. The van der Waals surface area contributed by atoms with Crippen LogP contribution < -0.4 is 4.74 Å². The Morgan fingerprint density at radius 3 is 2.48 bits per heavy atom. The van der Waals surface area contributed by atoms with Crippen LogP contribution in [0.25, 0.3) is 0 Å². The molecule has 1 amide bonds. The third-order valence-corrected chi connectivity index (χ3v) is 6.32. The summed E-state index contributed by atoms with van der Waals surface area (Å²) in [5.41, 5.74) is 2.23. The first-order chi connectivity index (χ1) is 14.1. The lowest BCUT2D eigenvalue weighted by molar-refractivity contribution is -0.0337. The summed E-state index contributed by atoms with van der Waals surface area (Å²) in [4.78, 5) is 17.1. The van der Waals surface area contributed by atoms with Crippen LogP contribution >= 0.6 is 11.6 Å². The number of ether oxygens (including phenoxy) is 1. The van der Waals surface area contributed by atoms with E-state index in [0.717, 1.165) is 56.9 Å². The molecule has 0 saturated carbocycles. The Labute approximate surface area is 177 Å². The van der Waals surface area contributed by atoms with E-state index in [1.165, 1.54) is 5.56 Å². The summed E-state index contributed by atoms with van der Waals surface area (Å²) >= 11 is 5.92. The second kappa shape index (κ2) is 8.60. The van der Waals surface area contributed by atoms with E-state index in [1.807, 2.05) is 29.2 Å². The topological polar surface area (TPSA) is 32.8 Å². The zero-order valence-corrected chi connectivity index (χ0v) is 17.4. The Bertz CT molecular complexity index is 865. The largest absolute Gasteiger partial charge is 0.489 e. The number of hydrogen-bond acceptors (Lipinski definition) is 3. The highest BCUT2D eigenvalue weighted by atomic mass is 35.5. The smallest absolute Gasteiger partial charge is 0.253 e. The Morgan fingerprint density at radius 2 is 1.79 bits per heavy atom. The van der Waals surface area contributed by atoms with Gasteiger partial charge >= 0.3 is 0 Å². The number of halogens is 1. The van der Waals surface area contributed by atoms with Crippen LogP contribution in [0, 0.1) is 5.41 Å². The average Bonchev–Trinajstić information content (AvgIpc) is 2.72. The van der Waals surface area contributed by atoms with E-state index in [1.54, 1.807) is 18.2 Å². The maximum atomic E-state index is 12.6. The van der Waals surface area contributed by atoms with Crippen molar-refractivity contribution in [2.75, 3.05) is 32.8 Å². The molecule has 2 aromatic carbocycles. The van der Waals surface area contributed by atoms with Crippen LogP contribution in [0.2, 0.25) is 5.02 Å². The number of carbonyl (C=O) groups is 1. The van der Waals surface area contributed by atoms with Crippen LogP contribution in [0.5, 0.6) is 5.75 Å². The molecule has 0 atom stereocenters. The van der Waals surface area contributed by atoms with Gasteiger partial charge in [-0.3, -0.25) is 9.69 Å². The van der Waals surface area contributed by atoms with Crippen molar-refractivity contribution in [3.63, 3.8) is 0 Å². The van der Waals surface area contributed by atoms with Crippen molar-refractivity contribution in [2.24, 2.45) is 5.41 Å². The van der Waals surface area contributed by atoms with Gasteiger partial charge in [-0.1, -0.05) is 42.5 Å². The molecule has 4 rings (SSSR count). The lowest BCUT2D eigenvalue weighted by Crippen LogP contribution is -2.61. The number of rotatable bonds is 6. The molecule has 152 valence electrons. The number of benzene rings is 2. The van der Waals surface area contributed by atoms with E-state index in [0.29, 0.717) is 11.6 Å². The number of carbonyl (C=O) groups excluding carboxylic acids is 1. The minimum Gasteiger partial charge on any atom is -0.489 e. The molecule has 0 unspecified atom stereocenters. The van der Waals surface area contributed by atoms with Crippen LogP contribution in [-0.4, -0.2) is 48.5 Å². The van der Waals surface area contributed by atoms with Crippen LogP contribution in [0.3, 0.4) is 0 Å². The van der Waals surface area contributed by atoms with Gasteiger partial charge in [0.2, 0.25) is 0 Å². The molecule has 0 aliphatic carbocycles. The van der Waals surface area contributed by atoms with E-state index < -0.39 is 0 Å². The van der Waals surface area contributed by atoms with Gasteiger partial charge in [0.25, 0.3) is 5.91 Å². The zero-order valence-electron chi connectivity index (χ0n) is 16.6. The molecular weight excluding hydrogens is 384 g/mol. The van der Waals surface area contributed by atoms with Crippen molar-refractivity contribution >= 4 is 17.5 Å². The minimum atomic E-state index is 0.114. The normalized spacial score (nSPS) is 18.3. The number of hydrogen-bond donors (Lipinski definition) is 0. The summed E-state index contributed by atoms with van der Waals surface area (Å²) in [6.07, 6.45) is 4.04. The fourth-order valence-electron chi connectivity index (χ4n) is 4.35. The van der Waals surface area contributed by atoms with Gasteiger partial charge in [0.15, 0.2) is 0 Å². The van der Waals surface area contributed by atoms with E-state index in [-0.39, 0.29) is 11.3 Å². The molecule has 1 spiro atoms. The Hall–Kier alpha value is -2.30. The minimum absolute atomic E-state index is 0.114. The Morgan fingerprint density at radius 1 is 1.10 bits per heavy atom. The third kappa shape index (κ3) is 4.49. The third-order valence-electron chi connectivity index (χ3n) is 6.07. The first-order valence-electron chi connectivity index (χ1n) is 10.2. The molecule has 5 heteroatoms. The number of amides is 1. The highest BCUT2D eigenvalue weighted by Crippen LogP contribution is 2.41. The summed E-state index contributed by atoms with van der Waals surface area (Å²) in [6, 6.07) is 15.4. The molecule has 2 aliphatic rings. The zero-order chi connectivity index (χ0) is 20.3. The van der Waals surface area contributed by atoms with Crippen LogP contribution in [-0.2, 0) is 6.54 Å². The first-order valence-corrected chi connectivity index (χ1v) is 10.6. The highest BCUT2D eigenvalue weighted by Gasteiger charge is 2.46. The SMILES string of the molecule is C=CCOc1ccccc1CN1CCC2(CC1)CN(C(=O)c1ccc(Cl)cc1)C2. The molecule has 4 nitrogen and oxygen atoms in total. The Balaban J connectivity index is 1.29. The van der Waals surface area contributed by atoms with E-state index >= 15 is 0 Å². The molecule has 0 bridgehead atoms. The van der Waals surface area contributed by atoms with Gasteiger partial charge in [0.1, 0.15) is 12.4 Å². The number of nitrogens with zero attached hydrogens (tertiary/aromatic N) is 2. The van der Waals surface area contributed by atoms with Gasteiger partial charge in [-0.15, -0.1) is 0 Å². The van der Waals surface area contributed by atoms with E-state index in [9.17, 15) is 4.79 Å². The predicted octanol–water partition coefficient (Wildman–Crippen LogP) is 4.64. The summed E-state index contributed by atoms with van der Waals surface area (Å²) < 4.78 is 5.79. The number of para-hydroxylation sites is 1. The summed E-state index contributed by atoms with van der Waals surface area (Å²) in [7, 11) is 0. The van der Waals surface area contributed by atoms with Gasteiger partial charge in [0, 0.05) is 41.2 Å². The standard InChI is InChI=1S/C24H27ClN2O2/c1-2-15-29-22-6-4-3-5-20(22)16-26-13-11-24(12-14-26)17-27(18-24)23(28)19-7-9-21(25)10-8-19/h2-10H,1,11-18H2. The van der Waals surface area contributed by atoms with Crippen molar-refractivity contribution in [1.29, 1.82) is 0 Å². The van der Waals surface area contributed by atoms with Gasteiger partial charge in [0.05, 0.1) is 0 Å². The van der Waals surface area contributed by atoms with Crippen molar-refractivity contribution in [1.82, 2.24) is 9.80 Å². The van der Waals surface area contributed by atoms with Crippen molar-refractivity contribution in [3.8, 4) is 5.75 Å². The lowest BCUT2D eigenvalue weighted by atomic mass is 9.71. The monoisotopic (exact) mass is 410 g/mol. The number of likely N-dealkylation sites (tertiary alicyclic amines) is 2. The fraction of sp³-hybridized carbons (Fsp3) is 0.375. The van der Waals surface area contributed by atoms with Crippen LogP contribution in [0.1, 0.15) is 28.8 Å². The first kappa shape index (κ1) is 20.0. The molecule has 2 saturated heterocycles. The highest BCUT2D eigenvalue weighted by molar-refractivity contribution is 6.30. The van der Waals surface area contributed by atoms with E-state index in [2.05, 4.69) is 23.6 Å². The maximum Gasteiger partial charge on any atom is 0.253 e. The molecule has 2 fully saturated rings. The second-order valence-corrected chi connectivity index (χ2v) is 8.59. The lowest BCUT2D eigenvalue weighted by Gasteiger charge is -2.54. The quantitative estimate of drug-likeness (QED) is 0.650. The van der Waals surface area contributed by atoms with Gasteiger partial charge in [-0.25, -0.2) is 0 Å². The molecule has 0 aromatic heterocycles.